The van der Waals surface area contributed by atoms with Gasteiger partial charge in [0.15, 0.2) is 0 Å². The summed E-state index contributed by atoms with van der Waals surface area (Å²) in [7, 11) is -5.33. The Morgan fingerprint density at radius 1 is 0.346 bits per heavy atom. The van der Waals surface area contributed by atoms with Crippen molar-refractivity contribution in [2.75, 3.05) is 0 Å². The number of nitrogens with zero attached hydrogens (tertiary/aromatic N) is 8. The Bertz CT molecular complexity index is 6450. The van der Waals surface area contributed by atoms with Gasteiger partial charge in [-0.1, -0.05) is 233 Å². The fourth-order valence-electron chi connectivity index (χ4n) is 15.3. The first-order valence-corrected chi connectivity index (χ1v) is 60.2. The van der Waals surface area contributed by atoms with E-state index < -0.39 is 46.0 Å². The molecule has 1 aliphatic rings. The van der Waals surface area contributed by atoms with Crippen LogP contribution in [0.4, 0.5) is 0 Å². The van der Waals surface area contributed by atoms with Crippen LogP contribution in [0.2, 0.25) is 78.6 Å². The van der Waals surface area contributed by atoms with Crippen molar-refractivity contribution in [1.82, 2.24) is 39.9 Å². The Hall–Kier alpha value is -9.58. The zero-order valence-corrected chi connectivity index (χ0v) is 96.3. The summed E-state index contributed by atoms with van der Waals surface area (Å²) in [5.74, 6) is 1.87. The van der Waals surface area contributed by atoms with Gasteiger partial charge < -0.3 is 39.9 Å². The smallest absolute Gasteiger partial charge is 0.0799 e. The van der Waals surface area contributed by atoms with Gasteiger partial charge in [0.05, 0.1) is 32.3 Å². The van der Waals surface area contributed by atoms with Gasteiger partial charge in [-0.05, 0) is 161 Å². The first-order valence-electron chi connectivity index (χ1n) is 49.2. The van der Waals surface area contributed by atoms with Gasteiger partial charge >= 0.3 is 0 Å². The summed E-state index contributed by atoms with van der Waals surface area (Å²) in [6.45, 7) is 44.2. The van der Waals surface area contributed by atoms with Crippen molar-refractivity contribution in [3.63, 3.8) is 0 Å². The summed E-state index contributed by atoms with van der Waals surface area (Å²) in [5, 5.41) is 5.99. The fourth-order valence-corrected chi connectivity index (χ4v) is 21.8. The van der Waals surface area contributed by atoms with Crippen molar-refractivity contribution in [2.45, 2.75) is 211 Å². The maximum absolute atomic E-state index is 7.31. The minimum absolute atomic E-state index is 0. The molecule has 8 aromatic heterocycles. The normalized spacial score (nSPS) is 12.5. The summed E-state index contributed by atoms with van der Waals surface area (Å²) in [4.78, 5) is 35.8. The van der Waals surface area contributed by atoms with Crippen LogP contribution in [0, 0.1) is 89.9 Å². The molecule has 8 nitrogen and oxygen atoms in total. The van der Waals surface area contributed by atoms with Gasteiger partial charge in [-0.15, -0.1) is 286 Å². The summed E-state index contributed by atoms with van der Waals surface area (Å²) in [6, 6.07) is 108. The van der Waals surface area contributed by atoms with E-state index in [0.717, 1.165) is 96.8 Å². The zero-order valence-electron chi connectivity index (χ0n) is 88.8. The third-order valence-corrected chi connectivity index (χ3v) is 31.4. The zero-order chi connectivity index (χ0) is 100.0. The van der Waals surface area contributed by atoms with Crippen LogP contribution in [0.5, 0.6) is 0 Å². The van der Waals surface area contributed by atoms with Crippen molar-refractivity contribution in [3.8, 4) is 90.1 Å². The molecule has 16 aromatic rings. The number of aryl methyl sites for hydroxylation is 6. The molecule has 0 N–H and O–H groups in total. The number of benzene rings is 8. The molecule has 8 aromatic carbocycles. The quantitative estimate of drug-likeness (QED) is 0.0656. The molecule has 1 atom stereocenters. The van der Waals surface area contributed by atoms with E-state index in [4.69, 9.17) is 18.2 Å². The molecule has 16 heteroatoms. The van der Waals surface area contributed by atoms with Crippen molar-refractivity contribution >= 4 is 53.0 Å². The summed E-state index contributed by atoms with van der Waals surface area (Å²) < 4.78 is 43.7. The molecule has 0 amide bonds. The van der Waals surface area contributed by atoms with Crippen molar-refractivity contribution in [3.05, 3.63) is 409 Å². The molecular formula is C120H134Ir4N8Si4-8. The van der Waals surface area contributed by atoms with Crippen LogP contribution in [-0.2, 0) is 86.8 Å². The number of hydrogen-bond donors (Lipinski definition) is 0. The average molecular weight is 2580 g/mol. The molecule has 1 fully saturated rings. The predicted octanol–water partition coefficient (Wildman–Crippen LogP) is 29.3. The van der Waals surface area contributed by atoms with E-state index in [2.05, 4.69) is 305 Å². The Morgan fingerprint density at radius 2 is 0.750 bits per heavy atom. The van der Waals surface area contributed by atoms with Gasteiger partial charge in [0, 0.05) is 138 Å². The van der Waals surface area contributed by atoms with Gasteiger partial charge in [-0.2, -0.15) is 0 Å². The maximum atomic E-state index is 7.31. The Balaban J connectivity index is 0.000000248. The second kappa shape index (κ2) is 56.5. The van der Waals surface area contributed by atoms with Crippen molar-refractivity contribution in [2.24, 2.45) is 0 Å². The van der Waals surface area contributed by atoms with Gasteiger partial charge in [-0.25, -0.2) is 0 Å². The van der Waals surface area contributed by atoms with E-state index in [-0.39, 0.29) is 86.0 Å². The summed E-state index contributed by atoms with van der Waals surface area (Å²) in [6.07, 6.45) is 23.3. The molecule has 1 saturated carbocycles. The summed E-state index contributed by atoms with van der Waals surface area (Å²) >= 11 is 0. The van der Waals surface area contributed by atoms with Crippen LogP contribution in [0.15, 0.2) is 304 Å². The monoisotopic (exact) mass is 2580 g/mol. The van der Waals surface area contributed by atoms with E-state index in [1.807, 2.05) is 170 Å². The first-order chi connectivity index (χ1) is 65.6. The number of rotatable bonds is 17. The molecule has 8 heterocycles. The van der Waals surface area contributed by atoms with E-state index in [0.29, 0.717) is 23.0 Å². The molecule has 0 spiro atoms. The SMILES string of the molecule is CC(C)c1cc(-c2[c-]cccc2)ncc1[Si](C)(C)C.CCC(C)c1cc(-c2[c-]cccc2)ncc1[Si](C)(C)C.CCc1cc(-c2[c-]cccc2)ncc1[Si](C)(C)C.C[Si](C)(C)c1cnc(-c2[c-]cccc2)cc1C1CCCC1.Cc1ccnc(-c2[c-]cccc2)c1C.Cc1cnc(-c2[c-]cccc2)cc1C.[2H]C([2H])([2H])c1[c-]c(-c2ccccn2)ccc1.[2H]C([2H])([2H])c1c[c-]c(-c2ccccn2)cc1.[Ir].[Ir].[Ir].[Ir]. The average Bonchev–Trinajstić information content (AvgIpc) is 1.21. The van der Waals surface area contributed by atoms with Crippen LogP contribution >= 0.6 is 0 Å². The molecule has 1 aliphatic carbocycles. The number of aromatic nitrogens is 8. The largest absolute Gasteiger partial charge is 0.305 e. The Labute approximate surface area is 883 Å². The molecule has 0 aliphatic heterocycles. The van der Waals surface area contributed by atoms with E-state index in [9.17, 15) is 0 Å². The van der Waals surface area contributed by atoms with Gasteiger partial charge in [0.2, 0.25) is 0 Å². The molecule has 0 bridgehead atoms. The van der Waals surface area contributed by atoms with Crippen LogP contribution in [0.1, 0.15) is 148 Å². The molecule has 4 radical (unpaired) electrons. The molecular weight excluding hydrogens is 2430 g/mol. The standard InChI is InChI=1S/C19H24NSi.C18H24NSi.C17H22NSi.C16H20NSi.2C13H12N.2C12H10N.4Ir/c1-21(2,3)19-14-20-18(16-11-5-4-6-12-16)13-17(19)15-9-7-8-10-15;1-6-14(2)16-12-17(15-10-8-7-9-11-15)19-13-18(16)20(3,4)5;1-13(2)15-11-16(14-9-7-6-8-10-14)18-12-17(15)19(3,4)5;1-5-13-11-15(14-9-7-6-8-10-14)17-12-16(13)18(2,3)4;1-10-8-13(14-9-11(10)2)12-6-4-3-5-7-12;1-10-8-9-14-13(11(10)2)12-6-4-3-5-7-12;1-10-5-4-6-11(9-10)12-7-2-3-8-13-12;1-10-5-7-11(8-6-10)12-4-2-3-9-13-12;;;;/h4-6,11,13-15H,7-10H2,1-3H3;7-10,12-14H,6H2,1-5H3;6-9,11-13H,1-5H3;6-9,11-12H,5H2,1-4H3;2*3-6,8-9H,1-2H3;2-8H,1H3;2-7,9H,1H3;;;;/q8*-1;;;;/i;;;;;;2*1D3;;;;. The third-order valence-electron chi connectivity index (χ3n) is 23.2. The third kappa shape index (κ3) is 35.1. The minimum Gasteiger partial charge on any atom is -0.305 e. The molecule has 0 saturated heterocycles. The van der Waals surface area contributed by atoms with Crippen LogP contribution in [0.25, 0.3) is 90.1 Å². The van der Waals surface area contributed by atoms with E-state index in [1.54, 1.807) is 53.5 Å². The van der Waals surface area contributed by atoms with Crippen LogP contribution in [0.3, 0.4) is 0 Å². The summed E-state index contributed by atoms with van der Waals surface area (Å²) in [5.41, 5.74) is 27.2. The number of pyridine rings is 8. The van der Waals surface area contributed by atoms with Crippen LogP contribution < -0.4 is 20.7 Å². The Kier molecular flexibility index (Phi) is 43.7. The molecule has 714 valence electrons. The van der Waals surface area contributed by atoms with Gasteiger partial charge in [0.25, 0.3) is 0 Å². The molecule has 136 heavy (non-hydrogen) atoms. The first kappa shape index (κ1) is 105. The minimum atomic E-state index is -2.12. The van der Waals surface area contributed by atoms with Crippen LogP contribution in [-0.4, -0.2) is 72.2 Å². The molecule has 17 rings (SSSR count). The second-order valence-corrected chi connectivity index (χ2v) is 58.0. The predicted molar refractivity (Wildman–Crippen MR) is 572 cm³/mol. The van der Waals surface area contributed by atoms with Crippen molar-refractivity contribution < 1.29 is 88.6 Å². The van der Waals surface area contributed by atoms with Crippen molar-refractivity contribution in [1.29, 1.82) is 0 Å². The maximum Gasteiger partial charge on any atom is 0.0799 e. The topological polar surface area (TPSA) is 103 Å². The van der Waals surface area contributed by atoms with Gasteiger partial charge in [-0.3, -0.25) is 0 Å². The van der Waals surface area contributed by atoms with Gasteiger partial charge in [0.1, 0.15) is 0 Å². The number of hydrogen-bond acceptors (Lipinski definition) is 8. The second-order valence-electron chi connectivity index (χ2n) is 37.8. The van der Waals surface area contributed by atoms with E-state index in [1.165, 1.54) is 92.7 Å². The fraction of sp³-hybridized carbons (Fsp3) is 0.267. The van der Waals surface area contributed by atoms with E-state index >= 15 is 0 Å². The Morgan fingerprint density at radius 3 is 1.15 bits per heavy atom. The molecule has 1 unspecified atom stereocenters.